The van der Waals surface area contributed by atoms with Gasteiger partial charge in [0.25, 0.3) is 5.91 Å². The first kappa shape index (κ1) is 23.8. The fourth-order valence-corrected chi connectivity index (χ4v) is 4.34. The number of halogens is 1. The maximum Gasteiger partial charge on any atom is 0.258 e. The Morgan fingerprint density at radius 1 is 1.06 bits per heavy atom. The minimum absolute atomic E-state index is 0.0435. The molecule has 0 atom stereocenters. The normalized spacial score (nSPS) is 12.4. The number of aryl methyl sites for hydroxylation is 2. The first-order valence-electron chi connectivity index (χ1n) is 11.8. The van der Waals surface area contributed by atoms with Crippen molar-refractivity contribution in [3.05, 3.63) is 99.9 Å². The summed E-state index contributed by atoms with van der Waals surface area (Å²) < 4.78 is 5.30. The second-order valence-corrected chi connectivity index (χ2v) is 9.27. The summed E-state index contributed by atoms with van der Waals surface area (Å²) >= 11 is 5.94. The van der Waals surface area contributed by atoms with Crippen molar-refractivity contribution in [3.8, 4) is 11.4 Å². The van der Waals surface area contributed by atoms with Crippen molar-refractivity contribution >= 4 is 29.1 Å². The quantitative estimate of drug-likeness (QED) is 0.379. The number of anilines is 1. The fraction of sp³-hybridized carbons (Fsp3) is 0.214. The number of amides is 2. The minimum Gasteiger partial charge on any atom is -0.352 e. The molecule has 0 saturated heterocycles. The van der Waals surface area contributed by atoms with Crippen molar-refractivity contribution in [1.82, 2.24) is 15.5 Å². The van der Waals surface area contributed by atoms with Crippen LogP contribution in [-0.4, -0.2) is 28.5 Å². The zero-order valence-corrected chi connectivity index (χ0v) is 20.6. The molecular formula is C28H25ClN4O3. The van der Waals surface area contributed by atoms with Crippen LogP contribution in [0.3, 0.4) is 0 Å². The van der Waals surface area contributed by atoms with Crippen molar-refractivity contribution in [2.75, 3.05) is 11.4 Å². The third kappa shape index (κ3) is 5.31. The highest BCUT2D eigenvalue weighted by Crippen LogP contribution is 2.30. The van der Waals surface area contributed by atoms with Crippen molar-refractivity contribution in [2.24, 2.45) is 0 Å². The zero-order valence-electron chi connectivity index (χ0n) is 19.8. The maximum atomic E-state index is 12.9. The Balaban J connectivity index is 1.13. The van der Waals surface area contributed by atoms with Gasteiger partial charge in [0, 0.05) is 47.8 Å². The molecule has 3 aromatic carbocycles. The lowest BCUT2D eigenvalue weighted by Gasteiger charge is -2.18. The molecule has 0 spiro atoms. The van der Waals surface area contributed by atoms with Crippen LogP contribution in [0.25, 0.3) is 11.4 Å². The van der Waals surface area contributed by atoms with E-state index in [2.05, 4.69) is 21.5 Å². The van der Waals surface area contributed by atoms with E-state index in [4.69, 9.17) is 16.1 Å². The van der Waals surface area contributed by atoms with Crippen LogP contribution in [0.4, 0.5) is 5.69 Å². The van der Waals surface area contributed by atoms with Gasteiger partial charge in [0.15, 0.2) is 0 Å². The van der Waals surface area contributed by atoms with Crippen LogP contribution in [-0.2, 0) is 24.2 Å². The van der Waals surface area contributed by atoms with E-state index in [-0.39, 0.29) is 18.2 Å². The van der Waals surface area contributed by atoms with Gasteiger partial charge in [-0.3, -0.25) is 9.59 Å². The molecule has 2 heterocycles. The summed E-state index contributed by atoms with van der Waals surface area (Å²) in [4.78, 5) is 31.5. The Morgan fingerprint density at radius 3 is 2.61 bits per heavy atom. The molecule has 182 valence electrons. The molecule has 0 saturated carbocycles. The van der Waals surface area contributed by atoms with Gasteiger partial charge in [0.05, 0.1) is 0 Å². The van der Waals surface area contributed by atoms with E-state index in [1.165, 1.54) is 0 Å². The molecule has 4 aromatic rings. The number of fused-ring (bicyclic) bond motifs is 1. The smallest absolute Gasteiger partial charge is 0.258 e. The molecule has 1 aliphatic heterocycles. The maximum absolute atomic E-state index is 12.9. The number of hydrogen-bond donors (Lipinski definition) is 1. The van der Waals surface area contributed by atoms with Crippen LogP contribution in [0.1, 0.15) is 39.4 Å². The van der Waals surface area contributed by atoms with Gasteiger partial charge >= 0.3 is 0 Å². The molecular weight excluding hydrogens is 476 g/mol. The predicted octanol–water partition coefficient (Wildman–Crippen LogP) is 5.15. The third-order valence-corrected chi connectivity index (χ3v) is 6.46. The Hall–Kier alpha value is -3.97. The number of aromatic nitrogens is 2. The molecule has 1 aromatic heterocycles. The minimum atomic E-state index is -0.0925. The molecule has 8 heteroatoms. The Morgan fingerprint density at radius 2 is 1.83 bits per heavy atom. The van der Waals surface area contributed by atoms with E-state index < -0.39 is 0 Å². The largest absolute Gasteiger partial charge is 0.352 e. The summed E-state index contributed by atoms with van der Waals surface area (Å²) in [7, 11) is 0. The standard InChI is InChI=1S/C28H25ClN4O3/c1-18-2-5-20(6-3-18)27-31-26(36-32-27)13-12-25(34)30-17-19-4-11-24-22(16-19)14-15-33(24)28(35)21-7-9-23(29)10-8-21/h2-11,16H,12-15,17H2,1H3,(H,30,34). The lowest BCUT2D eigenvalue weighted by molar-refractivity contribution is -0.121. The van der Waals surface area contributed by atoms with Crippen molar-refractivity contribution in [2.45, 2.75) is 32.7 Å². The highest BCUT2D eigenvalue weighted by molar-refractivity contribution is 6.30. The Kier molecular flexibility index (Phi) is 6.82. The SMILES string of the molecule is Cc1ccc(-c2noc(CCC(=O)NCc3ccc4c(c3)CCN4C(=O)c3ccc(Cl)cc3)n2)cc1. The van der Waals surface area contributed by atoms with E-state index in [1.807, 2.05) is 43.3 Å². The van der Waals surface area contributed by atoms with Gasteiger partial charge in [-0.05, 0) is 54.8 Å². The number of nitrogens with zero attached hydrogens (tertiary/aromatic N) is 3. The molecule has 0 fully saturated rings. The summed E-state index contributed by atoms with van der Waals surface area (Å²) in [5.41, 5.74) is 5.64. The van der Waals surface area contributed by atoms with Gasteiger partial charge in [0.2, 0.25) is 17.6 Å². The van der Waals surface area contributed by atoms with E-state index in [0.717, 1.165) is 34.4 Å². The van der Waals surface area contributed by atoms with Gasteiger partial charge in [-0.25, -0.2) is 0 Å². The van der Waals surface area contributed by atoms with Crippen LogP contribution in [0.2, 0.25) is 5.02 Å². The van der Waals surface area contributed by atoms with Crippen LogP contribution < -0.4 is 10.2 Å². The molecule has 1 N–H and O–H groups in total. The van der Waals surface area contributed by atoms with Crippen LogP contribution in [0.15, 0.2) is 71.3 Å². The average Bonchev–Trinajstić information content (AvgIpc) is 3.54. The van der Waals surface area contributed by atoms with Crippen LogP contribution >= 0.6 is 11.6 Å². The molecule has 2 amide bonds. The highest BCUT2D eigenvalue weighted by Gasteiger charge is 2.25. The first-order valence-corrected chi connectivity index (χ1v) is 12.2. The monoisotopic (exact) mass is 500 g/mol. The number of carbonyl (C=O) groups is 2. The van der Waals surface area contributed by atoms with Crippen LogP contribution in [0, 0.1) is 6.92 Å². The van der Waals surface area contributed by atoms with Crippen LogP contribution in [0.5, 0.6) is 0 Å². The van der Waals surface area contributed by atoms with Crippen molar-refractivity contribution in [3.63, 3.8) is 0 Å². The van der Waals surface area contributed by atoms with Gasteiger partial charge < -0.3 is 14.7 Å². The Labute approximate surface area is 214 Å². The number of nitrogens with one attached hydrogen (secondary N) is 1. The van der Waals surface area contributed by atoms with E-state index in [1.54, 1.807) is 29.2 Å². The topological polar surface area (TPSA) is 88.3 Å². The van der Waals surface area contributed by atoms with Gasteiger partial charge in [-0.2, -0.15) is 4.98 Å². The Bertz CT molecular complexity index is 1400. The number of hydrogen-bond acceptors (Lipinski definition) is 5. The van der Waals surface area contributed by atoms with Crippen molar-refractivity contribution in [1.29, 1.82) is 0 Å². The highest BCUT2D eigenvalue weighted by atomic mass is 35.5. The summed E-state index contributed by atoms with van der Waals surface area (Å²) in [6.45, 7) is 3.06. The lowest BCUT2D eigenvalue weighted by atomic mass is 10.1. The molecule has 5 rings (SSSR count). The number of carbonyl (C=O) groups excluding carboxylic acids is 2. The van der Waals surface area contributed by atoms with E-state index >= 15 is 0 Å². The molecule has 0 bridgehead atoms. The van der Waals surface area contributed by atoms with Gasteiger partial charge in [-0.1, -0.05) is 58.7 Å². The summed E-state index contributed by atoms with van der Waals surface area (Å²) in [6.07, 6.45) is 1.40. The molecule has 0 aliphatic carbocycles. The molecule has 36 heavy (non-hydrogen) atoms. The average molecular weight is 501 g/mol. The van der Waals surface area contributed by atoms with Gasteiger partial charge in [0.1, 0.15) is 0 Å². The zero-order chi connectivity index (χ0) is 25.1. The molecule has 7 nitrogen and oxygen atoms in total. The first-order chi connectivity index (χ1) is 17.5. The lowest BCUT2D eigenvalue weighted by Crippen LogP contribution is -2.28. The number of rotatable bonds is 7. The molecule has 1 aliphatic rings. The second-order valence-electron chi connectivity index (χ2n) is 8.83. The van der Waals surface area contributed by atoms with Gasteiger partial charge in [-0.15, -0.1) is 0 Å². The third-order valence-electron chi connectivity index (χ3n) is 6.21. The summed E-state index contributed by atoms with van der Waals surface area (Å²) in [5.74, 6) is 0.819. The summed E-state index contributed by atoms with van der Waals surface area (Å²) in [5, 5.41) is 7.56. The van der Waals surface area contributed by atoms with E-state index in [0.29, 0.717) is 41.8 Å². The second kappa shape index (κ2) is 10.3. The van der Waals surface area contributed by atoms with Crippen molar-refractivity contribution < 1.29 is 14.1 Å². The van der Waals surface area contributed by atoms with E-state index in [9.17, 15) is 9.59 Å². The number of benzene rings is 3. The predicted molar refractivity (Wildman–Crippen MR) is 138 cm³/mol. The molecule has 0 unspecified atom stereocenters. The fourth-order valence-electron chi connectivity index (χ4n) is 4.21. The molecule has 0 radical (unpaired) electrons. The summed E-state index contributed by atoms with van der Waals surface area (Å²) in [6, 6.07) is 20.7.